The third-order valence-electron chi connectivity index (χ3n) is 4.88. The molecule has 3 rings (SSSR count). The number of nitrogens with zero attached hydrogens (tertiary/aromatic N) is 2. The molecule has 2 aromatic rings. The first kappa shape index (κ1) is 21.7. The third-order valence-corrected chi connectivity index (χ3v) is 4.88. The summed E-state index contributed by atoms with van der Waals surface area (Å²) >= 11 is 0. The quantitative estimate of drug-likeness (QED) is 0.727. The molecule has 1 fully saturated rings. The van der Waals surface area contributed by atoms with Crippen LogP contribution in [-0.2, 0) is 4.74 Å². The maximum atomic E-state index is 13.4. The fraction of sp³-hybridized carbons (Fsp3) is 0.364. The van der Waals surface area contributed by atoms with Gasteiger partial charge in [-0.15, -0.1) is 0 Å². The molecule has 160 valence electrons. The van der Waals surface area contributed by atoms with E-state index in [0.29, 0.717) is 31.0 Å². The Morgan fingerprint density at radius 2 is 1.87 bits per heavy atom. The predicted molar refractivity (Wildman–Crippen MR) is 115 cm³/mol. The molecule has 0 atom stereocenters. The lowest BCUT2D eigenvalue weighted by atomic mass is 10.1. The van der Waals surface area contributed by atoms with Gasteiger partial charge < -0.3 is 20.3 Å². The van der Waals surface area contributed by atoms with Crippen molar-refractivity contribution in [2.24, 2.45) is 0 Å². The molecule has 2 amide bonds. The summed E-state index contributed by atoms with van der Waals surface area (Å²) in [6.07, 6.45) is 0. The van der Waals surface area contributed by atoms with Gasteiger partial charge in [-0.1, -0.05) is 6.07 Å². The van der Waals surface area contributed by atoms with E-state index in [4.69, 9.17) is 4.74 Å². The molecule has 0 unspecified atom stereocenters. The van der Waals surface area contributed by atoms with Crippen LogP contribution < -0.4 is 15.5 Å². The zero-order chi connectivity index (χ0) is 21.5. The Labute approximate surface area is 175 Å². The first-order valence-electron chi connectivity index (χ1n) is 9.90. The van der Waals surface area contributed by atoms with Crippen molar-refractivity contribution in [2.75, 3.05) is 63.7 Å². The number of hydrogen-bond donors (Lipinski definition) is 2. The molecule has 0 aliphatic carbocycles. The Kier molecular flexibility index (Phi) is 7.37. The van der Waals surface area contributed by atoms with Crippen LogP contribution in [0.1, 0.15) is 20.7 Å². The molecule has 1 saturated heterocycles. The maximum Gasteiger partial charge on any atom is 0.255 e. The van der Waals surface area contributed by atoms with Gasteiger partial charge in [0.1, 0.15) is 5.82 Å². The number of hydrogen-bond acceptors (Lipinski definition) is 5. The largest absolute Gasteiger partial charge is 0.379 e. The van der Waals surface area contributed by atoms with Crippen LogP contribution in [0.2, 0.25) is 0 Å². The molecule has 1 aliphatic rings. The Morgan fingerprint density at radius 3 is 2.57 bits per heavy atom. The zero-order valence-corrected chi connectivity index (χ0v) is 17.3. The molecule has 1 aliphatic heterocycles. The topological polar surface area (TPSA) is 73.9 Å². The van der Waals surface area contributed by atoms with Gasteiger partial charge in [0, 0.05) is 57.2 Å². The molecule has 2 N–H and O–H groups in total. The smallest absolute Gasteiger partial charge is 0.255 e. The second kappa shape index (κ2) is 10.2. The van der Waals surface area contributed by atoms with Crippen LogP contribution in [-0.4, -0.2) is 70.2 Å². The average Bonchev–Trinajstić information content (AvgIpc) is 2.74. The van der Waals surface area contributed by atoms with Crippen molar-refractivity contribution in [2.45, 2.75) is 0 Å². The van der Waals surface area contributed by atoms with E-state index in [1.54, 1.807) is 18.2 Å². The zero-order valence-electron chi connectivity index (χ0n) is 17.3. The highest BCUT2D eigenvalue weighted by atomic mass is 19.1. The van der Waals surface area contributed by atoms with Crippen molar-refractivity contribution in [3.05, 3.63) is 59.4 Å². The summed E-state index contributed by atoms with van der Waals surface area (Å²) in [5.41, 5.74) is 1.87. The van der Waals surface area contributed by atoms with Gasteiger partial charge in [0.15, 0.2) is 0 Å². The van der Waals surface area contributed by atoms with Gasteiger partial charge in [0.2, 0.25) is 0 Å². The summed E-state index contributed by atoms with van der Waals surface area (Å²) in [4.78, 5) is 29.3. The molecule has 0 bridgehead atoms. The lowest BCUT2D eigenvalue weighted by molar-refractivity contribution is 0.0383. The van der Waals surface area contributed by atoms with Gasteiger partial charge in [-0.2, -0.15) is 0 Å². The number of ether oxygens (including phenoxy) is 1. The fourth-order valence-electron chi connectivity index (χ4n) is 3.27. The number of morpholine rings is 1. The van der Waals surface area contributed by atoms with Crippen molar-refractivity contribution < 1.29 is 18.7 Å². The SMILES string of the molecule is CN(C)c1ccc(NC(=O)c2cccc(F)c2)cc1C(=O)NCCN1CCOCC1. The number of carbonyl (C=O) groups is 2. The predicted octanol–water partition coefficient (Wildman–Crippen LogP) is 2.21. The van der Waals surface area contributed by atoms with E-state index in [0.717, 1.165) is 25.3 Å². The summed E-state index contributed by atoms with van der Waals surface area (Å²) < 4.78 is 18.7. The number of amides is 2. The number of benzene rings is 2. The van der Waals surface area contributed by atoms with E-state index in [-0.39, 0.29) is 11.5 Å². The Balaban J connectivity index is 1.68. The Bertz CT molecular complexity index is 898. The molecule has 30 heavy (non-hydrogen) atoms. The van der Waals surface area contributed by atoms with Gasteiger partial charge in [0.25, 0.3) is 11.8 Å². The first-order chi connectivity index (χ1) is 14.4. The normalized spacial score (nSPS) is 14.2. The summed E-state index contributed by atoms with van der Waals surface area (Å²) in [7, 11) is 3.70. The minimum Gasteiger partial charge on any atom is -0.379 e. The van der Waals surface area contributed by atoms with Crippen LogP contribution in [0.3, 0.4) is 0 Å². The number of nitrogens with one attached hydrogen (secondary N) is 2. The van der Waals surface area contributed by atoms with Crippen LogP contribution >= 0.6 is 0 Å². The summed E-state index contributed by atoms with van der Waals surface area (Å²) in [6.45, 7) is 4.42. The van der Waals surface area contributed by atoms with Gasteiger partial charge >= 0.3 is 0 Å². The van der Waals surface area contributed by atoms with Crippen LogP contribution in [0.5, 0.6) is 0 Å². The standard InChI is InChI=1S/C22H27FN4O3/c1-26(2)20-7-6-18(25-21(28)16-4-3-5-17(23)14-16)15-19(20)22(29)24-8-9-27-10-12-30-13-11-27/h3-7,14-15H,8-13H2,1-2H3,(H,24,29)(H,25,28). The highest BCUT2D eigenvalue weighted by molar-refractivity contribution is 6.06. The molecule has 2 aromatic carbocycles. The molecular formula is C22H27FN4O3. The van der Waals surface area contributed by atoms with E-state index in [9.17, 15) is 14.0 Å². The average molecular weight is 414 g/mol. The van der Waals surface area contributed by atoms with Gasteiger partial charge in [-0.25, -0.2) is 4.39 Å². The van der Waals surface area contributed by atoms with Crippen LogP contribution in [0.4, 0.5) is 15.8 Å². The number of anilines is 2. The fourth-order valence-corrected chi connectivity index (χ4v) is 3.27. The van der Waals surface area contributed by atoms with Crippen LogP contribution in [0.15, 0.2) is 42.5 Å². The number of carbonyl (C=O) groups excluding carboxylic acids is 2. The van der Waals surface area contributed by atoms with Crippen LogP contribution in [0, 0.1) is 5.82 Å². The van der Waals surface area contributed by atoms with E-state index in [1.165, 1.54) is 24.3 Å². The molecule has 0 radical (unpaired) electrons. The van der Waals surface area contributed by atoms with Crippen molar-refractivity contribution in [3.63, 3.8) is 0 Å². The van der Waals surface area contributed by atoms with Gasteiger partial charge in [-0.3, -0.25) is 14.5 Å². The van der Waals surface area contributed by atoms with E-state index < -0.39 is 11.7 Å². The lowest BCUT2D eigenvalue weighted by Crippen LogP contribution is -2.41. The molecule has 0 aromatic heterocycles. The number of rotatable bonds is 7. The maximum absolute atomic E-state index is 13.4. The lowest BCUT2D eigenvalue weighted by Gasteiger charge is -2.26. The first-order valence-corrected chi connectivity index (χ1v) is 9.90. The third kappa shape index (κ3) is 5.77. The second-order valence-corrected chi connectivity index (χ2v) is 7.30. The van der Waals surface area contributed by atoms with Gasteiger partial charge in [-0.05, 0) is 36.4 Å². The Morgan fingerprint density at radius 1 is 1.10 bits per heavy atom. The van der Waals surface area contributed by atoms with Crippen LogP contribution in [0.25, 0.3) is 0 Å². The molecular weight excluding hydrogens is 387 g/mol. The monoisotopic (exact) mass is 414 g/mol. The summed E-state index contributed by atoms with van der Waals surface area (Å²) in [5.74, 6) is -1.13. The highest BCUT2D eigenvalue weighted by Gasteiger charge is 2.16. The number of halogens is 1. The molecule has 7 nitrogen and oxygen atoms in total. The molecule has 0 spiro atoms. The second-order valence-electron chi connectivity index (χ2n) is 7.30. The summed E-state index contributed by atoms with van der Waals surface area (Å²) in [6, 6.07) is 10.6. The van der Waals surface area contributed by atoms with E-state index in [2.05, 4.69) is 15.5 Å². The van der Waals surface area contributed by atoms with E-state index >= 15 is 0 Å². The van der Waals surface area contributed by atoms with E-state index in [1.807, 2.05) is 19.0 Å². The van der Waals surface area contributed by atoms with Crippen molar-refractivity contribution >= 4 is 23.2 Å². The minimum absolute atomic E-state index is 0.211. The minimum atomic E-state index is -0.481. The molecule has 0 saturated carbocycles. The summed E-state index contributed by atoms with van der Waals surface area (Å²) in [5, 5.41) is 5.68. The Hall–Kier alpha value is -2.97. The van der Waals surface area contributed by atoms with Crippen molar-refractivity contribution in [1.82, 2.24) is 10.2 Å². The highest BCUT2D eigenvalue weighted by Crippen LogP contribution is 2.23. The van der Waals surface area contributed by atoms with Crippen molar-refractivity contribution in [3.8, 4) is 0 Å². The van der Waals surface area contributed by atoms with Crippen molar-refractivity contribution in [1.29, 1.82) is 0 Å². The van der Waals surface area contributed by atoms with Gasteiger partial charge in [0.05, 0.1) is 18.8 Å². The molecule has 8 heteroatoms. The molecule has 1 heterocycles.